The van der Waals surface area contributed by atoms with Crippen molar-refractivity contribution < 1.29 is 4.79 Å². The third-order valence-corrected chi connectivity index (χ3v) is 8.04. The first-order valence-electron chi connectivity index (χ1n) is 17.7. The van der Waals surface area contributed by atoms with E-state index in [-0.39, 0.29) is 0 Å². The number of nitrogens with zero attached hydrogens (tertiary/aromatic N) is 1. The van der Waals surface area contributed by atoms with Crippen LogP contribution in [0.4, 0.5) is 11.4 Å². The zero-order chi connectivity index (χ0) is 33.3. The van der Waals surface area contributed by atoms with E-state index in [0.29, 0.717) is 5.56 Å². The first-order valence-corrected chi connectivity index (χ1v) is 17.7. The van der Waals surface area contributed by atoms with Gasteiger partial charge in [0.2, 0.25) is 0 Å². The van der Waals surface area contributed by atoms with E-state index in [4.69, 9.17) is 5.73 Å². The van der Waals surface area contributed by atoms with E-state index in [0.717, 1.165) is 65.2 Å². The van der Waals surface area contributed by atoms with Gasteiger partial charge >= 0.3 is 0 Å². The van der Waals surface area contributed by atoms with Gasteiger partial charge in [-0.05, 0) is 79.1 Å². The van der Waals surface area contributed by atoms with Crippen molar-refractivity contribution >= 4 is 23.5 Å². The number of primary amides is 1. The second kappa shape index (κ2) is 25.4. The van der Waals surface area contributed by atoms with Crippen molar-refractivity contribution in [3.05, 3.63) is 59.3 Å². The molecular weight excluding hydrogens is 538 g/mol. The van der Waals surface area contributed by atoms with Crippen molar-refractivity contribution in [1.29, 1.82) is 0 Å². The molecule has 0 heterocycles. The highest BCUT2D eigenvalue weighted by Gasteiger charge is 2.19. The molecule has 0 spiro atoms. The van der Waals surface area contributed by atoms with Crippen LogP contribution in [0.15, 0.2) is 42.0 Å². The van der Waals surface area contributed by atoms with Gasteiger partial charge < -0.3 is 11.1 Å². The molecule has 2 aromatic rings. The number of aliphatic imine (C=N–C) groups is 1. The van der Waals surface area contributed by atoms with Crippen LogP contribution in [-0.2, 0) is 12.8 Å². The summed E-state index contributed by atoms with van der Waals surface area (Å²) in [6, 6.07) is 8.51. The molecule has 44 heavy (non-hydrogen) atoms. The van der Waals surface area contributed by atoms with Crippen molar-refractivity contribution in [2.75, 3.05) is 5.32 Å². The zero-order valence-corrected chi connectivity index (χ0v) is 30.1. The fourth-order valence-electron chi connectivity index (χ4n) is 5.61. The monoisotopic (exact) mass is 606 g/mol. The number of anilines is 1. The number of benzene rings is 2. The third-order valence-electron chi connectivity index (χ3n) is 8.04. The second-order valence-corrected chi connectivity index (χ2v) is 11.7. The quantitative estimate of drug-likeness (QED) is 0.176. The number of hydrogen-bond donors (Lipinski definition) is 2. The highest BCUT2D eigenvalue weighted by molar-refractivity contribution is 6.02. The molecule has 3 rings (SSSR count). The van der Waals surface area contributed by atoms with E-state index < -0.39 is 5.91 Å². The van der Waals surface area contributed by atoms with Crippen LogP contribution in [0, 0.1) is 12.8 Å². The Morgan fingerprint density at radius 1 is 0.977 bits per heavy atom. The second-order valence-electron chi connectivity index (χ2n) is 11.7. The van der Waals surface area contributed by atoms with Gasteiger partial charge in [0.1, 0.15) is 0 Å². The van der Waals surface area contributed by atoms with Gasteiger partial charge in [0, 0.05) is 6.21 Å². The lowest BCUT2D eigenvalue weighted by atomic mass is 9.89. The number of rotatable bonds is 13. The van der Waals surface area contributed by atoms with E-state index in [1.54, 1.807) is 6.20 Å². The maximum atomic E-state index is 12.0. The fourth-order valence-corrected chi connectivity index (χ4v) is 5.61. The number of unbranched alkanes of at least 4 members (excludes halogenated alkanes) is 5. The predicted molar refractivity (Wildman–Crippen MR) is 199 cm³/mol. The van der Waals surface area contributed by atoms with Crippen molar-refractivity contribution in [3.63, 3.8) is 0 Å². The minimum Gasteiger partial charge on any atom is -0.366 e. The van der Waals surface area contributed by atoms with Crippen LogP contribution >= 0.6 is 0 Å². The number of hydrogen-bond acceptors (Lipinski definition) is 3. The van der Waals surface area contributed by atoms with Gasteiger partial charge in [-0.1, -0.05) is 144 Å². The van der Waals surface area contributed by atoms with Gasteiger partial charge in [-0.2, -0.15) is 0 Å². The number of aryl methyl sites for hydroxylation is 2. The molecule has 0 saturated heterocycles. The minimum absolute atomic E-state index is 0.436. The minimum atomic E-state index is -0.436. The summed E-state index contributed by atoms with van der Waals surface area (Å²) in [5.41, 5.74) is 13.3. The van der Waals surface area contributed by atoms with Crippen LogP contribution in [0.25, 0.3) is 11.1 Å². The summed E-state index contributed by atoms with van der Waals surface area (Å²) in [4.78, 5) is 16.6. The summed E-state index contributed by atoms with van der Waals surface area (Å²) in [5, 5.41) is 3.14. The topological polar surface area (TPSA) is 67.5 Å². The molecule has 0 unspecified atom stereocenters. The third kappa shape index (κ3) is 14.7. The molecule has 1 saturated carbocycles. The summed E-state index contributed by atoms with van der Waals surface area (Å²) >= 11 is 0. The standard InChI is InChI=1S/C24H31N3O.C7H14.C7H16.C2H6/c1-6-10-11-17-12-13-18(15-21(17)26-8-3)20-14-16(5)22(24(25)28)23(27-9-4)19(20)7-2;1-7-5-3-2-4-6-7;1-3-5-7-6-4-2;1-2/h8-9,12-15,27H,4,6-7,10-11H2,1-3,5H3,(H2,25,28);7H,2-6H2,1H3;3-7H2,1-2H3;1-2H3. The van der Waals surface area contributed by atoms with Gasteiger partial charge in [0.15, 0.2) is 0 Å². The molecule has 1 aliphatic carbocycles. The van der Waals surface area contributed by atoms with Gasteiger partial charge in [-0.25, -0.2) is 0 Å². The lowest BCUT2D eigenvalue weighted by Gasteiger charge is -2.20. The Balaban J connectivity index is 0.000000941. The van der Waals surface area contributed by atoms with Crippen molar-refractivity contribution in [2.24, 2.45) is 16.6 Å². The van der Waals surface area contributed by atoms with Crippen molar-refractivity contribution in [2.45, 2.75) is 152 Å². The molecule has 0 bridgehead atoms. The molecule has 2 aromatic carbocycles. The summed E-state index contributed by atoms with van der Waals surface area (Å²) in [7, 11) is 0. The molecule has 0 atom stereocenters. The Kier molecular flexibility index (Phi) is 23.8. The Morgan fingerprint density at radius 2 is 1.59 bits per heavy atom. The molecule has 3 N–H and O–H groups in total. The number of nitrogens with two attached hydrogens (primary N) is 1. The Morgan fingerprint density at radius 3 is 2.05 bits per heavy atom. The fraction of sp³-hybridized carbons (Fsp3) is 0.600. The molecule has 1 amide bonds. The number of nitrogens with one attached hydrogen (secondary N) is 1. The summed E-state index contributed by atoms with van der Waals surface area (Å²) in [5.74, 6) is 0.600. The van der Waals surface area contributed by atoms with E-state index in [9.17, 15) is 4.79 Å². The highest BCUT2D eigenvalue weighted by atomic mass is 16.1. The van der Waals surface area contributed by atoms with Crippen LogP contribution in [0.1, 0.15) is 159 Å². The average molecular weight is 606 g/mol. The van der Waals surface area contributed by atoms with E-state index in [1.165, 1.54) is 69.8 Å². The lowest BCUT2D eigenvalue weighted by molar-refractivity contribution is 0.100. The molecule has 4 heteroatoms. The Bertz CT molecular complexity index is 1090. The molecule has 1 fully saturated rings. The zero-order valence-electron chi connectivity index (χ0n) is 30.1. The van der Waals surface area contributed by atoms with Crippen molar-refractivity contribution in [3.8, 4) is 11.1 Å². The van der Waals surface area contributed by atoms with Crippen LogP contribution in [-0.4, -0.2) is 12.1 Å². The molecule has 1 aliphatic rings. The number of carbonyl (C=O) groups excluding carboxylic acids is 1. The van der Waals surface area contributed by atoms with Gasteiger partial charge in [-0.15, -0.1) is 0 Å². The molecule has 4 nitrogen and oxygen atoms in total. The van der Waals surface area contributed by atoms with Crippen molar-refractivity contribution in [1.82, 2.24) is 0 Å². The summed E-state index contributed by atoms with van der Waals surface area (Å²) < 4.78 is 0. The first-order chi connectivity index (χ1) is 21.3. The van der Waals surface area contributed by atoms with Gasteiger partial charge in [-0.3, -0.25) is 9.79 Å². The predicted octanol–water partition coefficient (Wildman–Crippen LogP) is 12.5. The maximum Gasteiger partial charge on any atom is 0.251 e. The molecule has 248 valence electrons. The van der Waals surface area contributed by atoms with Crippen LogP contribution in [0.3, 0.4) is 0 Å². The summed E-state index contributed by atoms with van der Waals surface area (Å²) in [6.07, 6.45) is 21.9. The number of amides is 1. The smallest absolute Gasteiger partial charge is 0.251 e. The molecule has 0 radical (unpaired) electrons. The van der Waals surface area contributed by atoms with Gasteiger partial charge in [0.25, 0.3) is 5.91 Å². The number of carbonyl (C=O) groups is 1. The van der Waals surface area contributed by atoms with E-state index >= 15 is 0 Å². The first kappa shape index (κ1) is 41.1. The summed E-state index contributed by atoms with van der Waals surface area (Å²) in [6.45, 7) is 22.7. The van der Waals surface area contributed by atoms with Crippen LogP contribution in [0.5, 0.6) is 0 Å². The van der Waals surface area contributed by atoms with Crippen LogP contribution < -0.4 is 11.1 Å². The SMILES string of the molecule is C=CNc1c(CC)c(-c2ccc(CCCC)c(N=CC)c2)cc(C)c1C(N)=O.CC.CC1CCCCC1.CCCCCCC. The molecule has 0 aromatic heterocycles. The highest BCUT2D eigenvalue weighted by Crippen LogP contribution is 2.37. The van der Waals surface area contributed by atoms with E-state index in [2.05, 4.69) is 69.7 Å². The van der Waals surface area contributed by atoms with Crippen LogP contribution in [0.2, 0.25) is 0 Å². The van der Waals surface area contributed by atoms with E-state index in [1.807, 2.05) is 40.0 Å². The lowest BCUT2D eigenvalue weighted by Crippen LogP contribution is -2.16. The normalized spacial score (nSPS) is 12.7. The largest absolute Gasteiger partial charge is 0.366 e. The van der Waals surface area contributed by atoms with Gasteiger partial charge in [0.05, 0.1) is 16.9 Å². The maximum absolute atomic E-state index is 12.0. The molecular formula is C40H67N3O. The Labute approximate surface area is 272 Å². The Hall–Kier alpha value is -2.88. The molecule has 0 aliphatic heterocycles. The average Bonchev–Trinajstić information content (AvgIpc) is 3.02.